The number of primary amides is 1. The van der Waals surface area contributed by atoms with E-state index in [1.165, 1.54) is 24.0 Å². The third kappa shape index (κ3) is 5.70. The SMILES string of the molecule is CC(C)[C@H](OC(=O)c1cccnc1Sc1ccccc1Cl)C(=O)NC(N)=O. The predicted molar refractivity (Wildman–Crippen MR) is 102 cm³/mol. The summed E-state index contributed by atoms with van der Waals surface area (Å²) in [6.07, 6.45) is 0.360. The first kappa shape index (κ1) is 20.7. The maximum atomic E-state index is 12.6. The molecular weight excluding hydrogens is 390 g/mol. The number of esters is 1. The lowest BCUT2D eigenvalue weighted by molar-refractivity contribution is -0.130. The lowest BCUT2D eigenvalue weighted by Gasteiger charge is -2.20. The monoisotopic (exact) mass is 407 g/mol. The molecule has 0 aliphatic heterocycles. The Morgan fingerprint density at radius 3 is 2.52 bits per heavy atom. The number of carbonyl (C=O) groups excluding carboxylic acids is 3. The summed E-state index contributed by atoms with van der Waals surface area (Å²) in [6.45, 7) is 3.36. The zero-order valence-electron chi connectivity index (χ0n) is 14.6. The number of amides is 3. The molecule has 1 heterocycles. The molecule has 0 saturated carbocycles. The van der Waals surface area contributed by atoms with Crippen molar-refractivity contribution in [3.8, 4) is 0 Å². The van der Waals surface area contributed by atoms with Crippen LogP contribution in [-0.2, 0) is 9.53 Å². The van der Waals surface area contributed by atoms with Gasteiger partial charge in [0.25, 0.3) is 5.91 Å². The van der Waals surface area contributed by atoms with E-state index in [1.54, 1.807) is 38.1 Å². The van der Waals surface area contributed by atoms with Gasteiger partial charge in [0, 0.05) is 11.1 Å². The van der Waals surface area contributed by atoms with Gasteiger partial charge in [0.2, 0.25) is 0 Å². The summed E-state index contributed by atoms with van der Waals surface area (Å²) in [5.41, 5.74) is 5.14. The van der Waals surface area contributed by atoms with Crippen molar-refractivity contribution < 1.29 is 19.1 Å². The Morgan fingerprint density at radius 1 is 1.19 bits per heavy atom. The van der Waals surface area contributed by atoms with E-state index < -0.39 is 24.0 Å². The molecule has 0 spiro atoms. The molecule has 0 fully saturated rings. The number of carbonyl (C=O) groups is 3. The van der Waals surface area contributed by atoms with Crippen LogP contribution in [0.15, 0.2) is 52.5 Å². The van der Waals surface area contributed by atoms with Gasteiger partial charge in [-0.1, -0.05) is 49.3 Å². The first-order valence-electron chi connectivity index (χ1n) is 7.98. The van der Waals surface area contributed by atoms with Crippen LogP contribution in [0.1, 0.15) is 24.2 Å². The van der Waals surface area contributed by atoms with E-state index in [0.717, 1.165) is 4.90 Å². The minimum absolute atomic E-state index is 0.181. The minimum atomic E-state index is -1.18. The van der Waals surface area contributed by atoms with Gasteiger partial charge in [0.15, 0.2) is 6.10 Å². The summed E-state index contributed by atoms with van der Waals surface area (Å²) in [4.78, 5) is 40.5. The second kappa shape index (κ2) is 9.38. The van der Waals surface area contributed by atoms with Gasteiger partial charge in [-0.3, -0.25) is 10.1 Å². The highest BCUT2D eigenvalue weighted by atomic mass is 35.5. The molecular formula is C18H18ClN3O4S. The van der Waals surface area contributed by atoms with Crippen molar-refractivity contribution in [1.82, 2.24) is 10.3 Å². The fourth-order valence-corrected chi connectivity index (χ4v) is 3.27. The van der Waals surface area contributed by atoms with Crippen LogP contribution in [-0.4, -0.2) is 29.0 Å². The highest BCUT2D eigenvalue weighted by Crippen LogP contribution is 2.34. The summed E-state index contributed by atoms with van der Waals surface area (Å²) in [5.74, 6) is -1.89. The summed E-state index contributed by atoms with van der Waals surface area (Å²) >= 11 is 7.37. The summed E-state index contributed by atoms with van der Waals surface area (Å²) in [6, 6.07) is 9.25. The smallest absolute Gasteiger partial charge is 0.341 e. The maximum Gasteiger partial charge on any atom is 0.341 e. The van der Waals surface area contributed by atoms with Crippen molar-refractivity contribution >= 4 is 41.3 Å². The van der Waals surface area contributed by atoms with Crippen LogP contribution in [0.5, 0.6) is 0 Å². The Labute approximate surface area is 165 Å². The Kier molecular flexibility index (Phi) is 7.20. The summed E-state index contributed by atoms with van der Waals surface area (Å²) in [5, 5.41) is 2.83. The molecule has 3 N–H and O–H groups in total. The van der Waals surface area contributed by atoms with E-state index >= 15 is 0 Å². The fourth-order valence-electron chi connectivity index (χ4n) is 2.12. The number of pyridine rings is 1. The molecule has 0 aliphatic carbocycles. The van der Waals surface area contributed by atoms with Crippen molar-refractivity contribution in [3.63, 3.8) is 0 Å². The Morgan fingerprint density at radius 2 is 1.89 bits per heavy atom. The molecule has 3 amide bonds. The van der Waals surface area contributed by atoms with Crippen LogP contribution >= 0.6 is 23.4 Å². The second-order valence-electron chi connectivity index (χ2n) is 5.81. The van der Waals surface area contributed by atoms with E-state index in [1.807, 2.05) is 11.4 Å². The molecule has 9 heteroatoms. The quantitative estimate of drug-likeness (QED) is 0.711. The van der Waals surface area contributed by atoms with Gasteiger partial charge >= 0.3 is 12.0 Å². The molecule has 0 radical (unpaired) electrons. The van der Waals surface area contributed by atoms with Crippen LogP contribution in [0.3, 0.4) is 0 Å². The molecule has 0 unspecified atom stereocenters. The van der Waals surface area contributed by atoms with Crippen molar-refractivity contribution in [2.75, 3.05) is 0 Å². The zero-order chi connectivity index (χ0) is 20.0. The highest BCUT2D eigenvalue weighted by molar-refractivity contribution is 7.99. The second-order valence-corrected chi connectivity index (χ2v) is 7.25. The number of halogens is 1. The largest absolute Gasteiger partial charge is 0.448 e. The van der Waals surface area contributed by atoms with Gasteiger partial charge < -0.3 is 10.5 Å². The first-order valence-corrected chi connectivity index (χ1v) is 9.17. The highest BCUT2D eigenvalue weighted by Gasteiger charge is 2.29. The third-order valence-electron chi connectivity index (χ3n) is 3.38. The molecule has 27 heavy (non-hydrogen) atoms. The number of imide groups is 1. The topological polar surface area (TPSA) is 111 Å². The summed E-state index contributed by atoms with van der Waals surface area (Å²) < 4.78 is 5.32. The first-order chi connectivity index (χ1) is 12.8. The Bertz CT molecular complexity index is 860. The molecule has 1 aromatic heterocycles. The average molecular weight is 408 g/mol. The number of aromatic nitrogens is 1. The molecule has 2 aromatic rings. The molecule has 0 saturated heterocycles. The van der Waals surface area contributed by atoms with Gasteiger partial charge in [-0.25, -0.2) is 14.6 Å². The Hall–Kier alpha value is -2.58. The zero-order valence-corrected chi connectivity index (χ0v) is 16.2. The van der Waals surface area contributed by atoms with Crippen molar-refractivity contribution in [2.45, 2.75) is 29.9 Å². The summed E-state index contributed by atoms with van der Waals surface area (Å²) in [7, 11) is 0. The van der Waals surface area contributed by atoms with Gasteiger partial charge in [-0.05, 0) is 30.2 Å². The van der Waals surface area contributed by atoms with E-state index in [2.05, 4.69) is 4.98 Å². The molecule has 0 aliphatic rings. The number of hydrogen-bond acceptors (Lipinski definition) is 6. The van der Waals surface area contributed by atoms with Gasteiger partial charge in [0.1, 0.15) is 5.03 Å². The number of rotatable bonds is 6. The number of benzene rings is 1. The van der Waals surface area contributed by atoms with Crippen LogP contribution in [0.2, 0.25) is 5.02 Å². The number of urea groups is 1. The van der Waals surface area contributed by atoms with E-state index in [0.29, 0.717) is 10.0 Å². The molecule has 142 valence electrons. The predicted octanol–water partition coefficient (Wildman–Crippen LogP) is 3.26. The van der Waals surface area contributed by atoms with E-state index in [4.69, 9.17) is 22.1 Å². The number of nitrogens with one attached hydrogen (secondary N) is 1. The maximum absolute atomic E-state index is 12.6. The van der Waals surface area contributed by atoms with Crippen LogP contribution in [0.25, 0.3) is 0 Å². The van der Waals surface area contributed by atoms with Crippen molar-refractivity contribution in [3.05, 3.63) is 53.2 Å². The van der Waals surface area contributed by atoms with Crippen molar-refractivity contribution in [2.24, 2.45) is 11.7 Å². The molecule has 2 rings (SSSR count). The fraction of sp³-hybridized carbons (Fsp3) is 0.222. The molecule has 1 aromatic carbocycles. The lowest BCUT2D eigenvalue weighted by atomic mass is 10.1. The van der Waals surface area contributed by atoms with E-state index in [-0.39, 0.29) is 11.5 Å². The van der Waals surface area contributed by atoms with Crippen molar-refractivity contribution in [1.29, 1.82) is 0 Å². The van der Waals surface area contributed by atoms with E-state index in [9.17, 15) is 14.4 Å². The number of ether oxygens (including phenoxy) is 1. The number of hydrogen-bond donors (Lipinski definition) is 2. The normalized spacial score (nSPS) is 11.7. The number of nitrogens with zero attached hydrogens (tertiary/aromatic N) is 1. The minimum Gasteiger partial charge on any atom is -0.448 e. The average Bonchev–Trinajstić information content (AvgIpc) is 2.61. The Balaban J connectivity index is 2.24. The van der Waals surface area contributed by atoms with Gasteiger partial charge in [0.05, 0.1) is 10.6 Å². The standard InChI is InChI=1S/C18H18ClN3O4S/c1-10(2)14(15(23)22-18(20)25)26-17(24)11-6-5-9-21-16(11)27-13-8-4-3-7-12(13)19/h3-10,14H,1-2H3,(H3,20,22,23,25)/t14-/m0/s1. The molecule has 0 bridgehead atoms. The van der Waals surface area contributed by atoms with Crippen LogP contribution in [0, 0.1) is 5.92 Å². The molecule has 7 nitrogen and oxygen atoms in total. The lowest BCUT2D eigenvalue weighted by Crippen LogP contribution is -2.45. The number of nitrogens with two attached hydrogens (primary N) is 1. The van der Waals surface area contributed by atoms with Gasteiger partial charge in [-0.15, -0.1) is 0 Å². The third-order valence-corrected chi connectivity index (χ3v) is 4.91. The van der Waals surface area contributed by atoms with Crippen LogP contribution in [0.4, 0.5) is 4.79 Å². The molecule has 1 atom stereocenters. The van der Waals surface area contributed by atoms with Crippen LogP contribution < -0.4 is 11.1 Å². The van der Waals surface area contributed by atoms with Gasteiger partial charge in [-0.2, -0.15) is 0 Å².